The Bertz CT molecular complexity index is 524. The molecule has 1 aromatic rings. The number of nitrogens with two attached hydrogens (primary N) is 1. The molecule has 2 atom stereocenters. The predicted octanol–water partition coefficient (Wildman–Crippen LogP) is 3.48. The van der Waals surface area contributed by atoms with Crippen molar-refractivity contribution in [3.8, 4) is 5.75 Å². The highest BCUT2D eigenvalue weighted by molar-refractivity contribution is 5.82. The van der Waals surface area contributed by atoms with Crippen molar-refractivity contribution < 1.29 is 9.53 Å². The summed E-state index contributed by atoms with van der Waals surface area (Å²) in [6, 6.07) is 5.46. The minimum absolute atomic E-state index is 0.0633. The van der Waals surface area contributed by atoms with E-state index in [4.69, 9.17) is 10.5 Å². The Kier molecular flexibility index (Phi) is 6.46. The van der Waals surface area contributed by atoms with Crippen molar-refractivity contribution in [2.24, 2.45) is 11.7 Å². The van der Waals surface area contributed by atoms with Crippen molar-refractivity contribution in [3.63, 3.8) is 0 Å². The number of aryl methyl sites for hydroxylation is 1. The highest BCUT2D eigenvalue weighted by Crippen LogP contribution is 2.28. The number of carbonyl (C=O) groups excluding carboxylic acids is 1. The van der Waals surface area contributed by atoms with Crippen molar-refractivity contribution in [2.75, 3.05) is 7.11 Å². The lowest BCUT2D eigenvalue weighted by Crippen LogP contribution is -2.43. The number of nitrogens with one attached hydrogen (secondary N) is 1. The molecule has 0 aromatic heterocycles. The van der Waals surface area contributed by atoms with Crippen LogP contribution in [0, 0.1) is 12.8 Å². The molecule has 0 heterocycles. The van der Waals surface area contributed by atoms with Crippen molar-refractivity contribution in [2.45, 2.75) is 64.5 Å². The third-order valence-electron chi connectivity index (χ3n) is 4.86. The van der Waals surface area contributed by atoms with Crippen molar-refractivity contribution in [3.05, 3.63) is 29.3 Å². The van der Waals surface area contributed by atoms with Gasteiger partial charge in [-0.25, -0.2) is 0 Å². The van der Waals surface area contributed by atoms with Crippen molar-refractivity contribution in [1.82, 2.24) is 5.32 Å². The van der Waals surface area contributed by atoms with Crippen molar-refractivity contribution >= 4 is 5.91 Å². The van der Waals surface area contributed by atoms with Crippen LogP contribution in [0.3, 0.4) is 0 Å². The number of rotatable bonds is 6. The number of amides is 1. The van der Waals surface area contributed by atoms with Crippen LogP contribution in [0.4, 0.5) is 0 Å². The monoisotopic (exact) mass is 318 g/mol. The summed E-state index contributed by atoms with van der Waals surface area (Å²) in [6.45, 7) is 4.01. The van der Waals surface area contributed by atoms with E-state index >= 15 is 0 Å². The summed E-state index contributed by atoms with van der Waals surface area (Å²) in [4.78, 5) is 12.4. The highest BCUT2D eigenvalue weighted by atomic mass is 16.5. The fraction of sp³-hybridized carbons (Fsp3) is 0.632. The van der Waals surface area contributed by atoms with Gasteiger partial charge in [0.2, 0.25) is 5.91 Å². The summed E-state index contributed by atoms with van der Waals surface area (Å²) in [5.74, 6) is 1.34. The zero-order chi connectivity index (χ0) is 16.8. The van der Waals surface area contributed by atoms with E-state index in [-0.39, 0.29) is 11.9 Å². The van der Waals surface area contributed by atoms with Gasteiger partial charge < -0.3 is 15.8 Å². The second-order valence-corrected chi connectivity index (χ2v) is 6.82. The summed E-state index contributed by atoms with van der Waals surface area (Å²) in [6.07, 6.45) is 7.09. The number of carbonyl (C=O) groups is 1. The smallest absolute Gasteiger partial charge is 0.237 e. The quantitative estimate of drug-likeness (QED) is 0.844. The molecule has 0 spiro atoms. The molecular formula is C19H30N2O2. The maximum absolute atomic E-state index is 12.4. The van der Waals surface area contributed by atoms with Gasteiger partial charge in [0.1, 0.15) is 5.75 Å². The van der Waals surface area contributed by atoms with Gasteiger partial charge in [-0.15, -0.1) is 0 Å². The highest BCUT2D eigenvalue weighted by Gasteiger charge is 2.23. The summed E-state index contributed by atoms with van der Waals surface area (Å²) < 4.78 is 5.40. The second-order valence-electron chi connectivity index (χ2n) is 6.82. The molecule has 1 aliphatic carbocycles. The molecule has 128 valence electrons. The molecule has 23 heavy (non-hydrogen) atoms. The SMILES string of the molecule is COc1ccc(C)cc1C(C)NC(=O)C(N)CC1CCCCC1. The van der Waals surface area contributed by atoms with Gasteiger partial charge in [0.25, 0.3) is 0 Å². The Hall–Kier alpha value is -1.55. The van der Waals surface area contributed by atoms with E-state index in [1.807, 2.05) is 26.0 Å². The Balaban J connectivity index is 1.94. The molecule has 1 fully saturated rings. The molecule has 0 aliphatic heterocycles. The van der Waals surface area contributed by atoms with Gasteiger partial charge in [-0.05, 0) is 32.3 Å². The zero-order valence-electron chi connectivity index (χ0n) is 14.6. The van der Waals surface area contributed by atoms with Crippen molar-refractivity contribution in [1.29, 1.82) is 0 Å². The number of hydrogen-bond acceptors (Lipinski definition) is 3. The van der Waals surface area contributed by atoms with Crippen LogP contribution < -0.4 is 15.8 Å². The molecule has 3 N–H and O–H groups in total. The molecular weight excluding hydrogens is 288 g/mol. The van der Waals surface area contributed by atoms with Crippen LogP contribution in [0.15, 0.2) is 18.2 Å². The van der Waals surface area contributed by atoms with Crippen LogP contribution >= 0.6 is 0 Å². The molecule has 2 rings (SSSR count). The number of benzene rings is 1. The lowest BCUT2D eigenvalue weighted by molar-refractivity contribution is -0.123. The topological polar surface area (TPSA) is 64.3 Å². The van der Waals surface area contributed by atoms with E-state index in [0.717, 1.165) is 23.3 Å². The van der Waals surface area contributed by atoms with Crippen LogP contribution in [-0.2, 0) is 4.79 Å². The summed E-state index contributed by atoms with van der Waals surface area (Å²) in [5.41, 5.74) is 8.27. The average Bonchev–Trinajstić information content (AvgIpc) is 2.55. The normalized spacial score (nSPS) is 18.3. The van der Waals surface area contributed by atoms with Crippen LogP contribution in [0.5, 0.6) is 5.75 Å². The minimum Gasteiger partial charge on any atom is -0.496 e. The summed E-state index contributed by atoms with van der Waals surface area (Å²) >= 11 is 0. The number of methoxy groups -OCH3 is 1. The largest absolute Gasteiger partial charge is 0.496 e. The average molecular weight is 318 g/mol. The zero-order valence-corrected chi connectivity index (χ0v) is 14.6. The van der Waals surface area contributed by atoms with Gasteiger partial charge >= 0.3 is 0 Å². The first kappa shape index (κ1) is 17.8. The second kappa shape index (κ2) is 8.34. The third-order valence-corrected chi connectivity index (χ3v) is 4.86. The van der Waals surface area contributed by atoms with Crippen LogP contribution in [0.1, 0.15) is 62.6 Å². The molecule has 2 unspecified atom stereocenters. The van der Waals surface area contributed by atoms with Gasteiger partial charge in [0, 0.05) is 5.56 Å². The Morgan fingerprint density at radius 2 is 2.04 bits per heavy atom. The molecule has 4 heteroatoms. The molecule has 1 aromatic carbocycles. The molecule has 0 radical (unpaired) electrons. The maximum atomic E-state index is 12.4. The lowest BCUT2D eigenvalue weighted by atomic mass is 9.85. The first-order valence-corrected chi connectivity index (χ1v) is 8.71. The Labute approximate surface area is 139 Å². The third kappa shape index (κ3) is 4.96. The van der Waals surface area contributed by atoms with Crippen LogP contribution in [0.2, 0.25) is 0 Å². The molecule has 0 saturated heterocycles. The predicted molar refractivity (Wildman–Crippen MR) is 93.5 cm³/mol. The van der Waals surface area contributed by atoms with E-state index in [1.165, 1.54) is 32.1 Å². The number of hydrogen-bond donors (Lipinski definition) is 2. The van der Waals surface area contributed by atoms with E-state index in [0.29, 0.717) is 5.92 Å². The van der Waals surface area contributed by atoms with Gasteiger partial charge in [0.15, 0.2) is 0 Å². The van der Waals surface area contributed by atoms with E-state index in [1.54, 1.807) is 7.11 Å². The summed E-state index contributed by atoms with van der Waals surface area (Å²) in [5, 5.41) is 3.04. The lowest BCUT2D eigenvalue weighted by Gasteiger charge is -2.25. The van der Waals surface area contributed by atoms with Crippen LogP contribution in [0.25, 0.3) is 0 Å². The number of ether oxygens (including phenoxy) is 1. The minimum atomic E-state index is -0.420. The Morgan fingerprint density at radius 1 is 1.35 bits per heavy atom. The standard InChI is InChI=1S/C19H30N2O2/c1-13-9-10-18(23-3)16(11-13)14(2)21-19(22)17(20)12-15-7-5-4-6-8-15/h9-11,14-15,17H,4-8,12,20H2,1-3H3,(H,21,22). The van der Waals surface area contributed by atoms with Gasteiger partial charge in [-0.2, -0.15) is 0 Å². The fourth-order valence-corrected chi connectivity index (χ4v) is 3.48. The summed E-state index contributed by atoms with van der Waals surface area (Å²) in [7, 11) is 1.65. The maximum Gasteiger partial charge on any atom is 0.237 e. The van der Waals surface area contributed by atoms with Crippen LogP contribution in [-0.4, -0.2) is 19.1 Å². The van der Waals surface area contributed by atoms with Gasteiger partial charge in [-0.1, -0.05) is 49.8 Å². The molecule has 1 saturated carbocycles. The van der Waals surface area contributed by atoms with Gasteiger partial charge in [0.05, 0.1) is 19.2 Å². The van der Waals surface area contributed by atoms with E-state index in [9.17, 15) is 4.79 Å². The van der Waals surface area contributed by atoms with E-state index < -0.39 is 6.04 Å². The molecule has 1 amide bonds. The van der Waals surface area contributed by atoms with Gasteiger partial charge in [-0.3, -0.25) is 4.79 Å². The molecule has 1 aliphatic rings. The molecule has 4 nitrogen and oxygen atoms in total. The van der Waals surface area contributed by atoms with E-state index in [2.05, 4.69) is 11.4 Å². The fourth-order valence-electron chi connectivity index (χ4n) is 3.48. The first-order valence-electron chi connectivity index (χ1n) is 8.71. The first-order chi connectivity index (χ1) is 11.0. The Morgan fingerprint density at radius 3 is 2.70 bits per heavy atom. The molecule has 0 bridgehead atoms.